The second-order valence-corrected chi connectivity index (χ2v) is 4.82. The van der Waals surface area contributed by atoms with Crippen LogP contribution in [0.25, 0.3) is 0 Å². The van der Waals surface area contributed by atoms with Crippen LogP contribution in [-0.4, -0.2) is 10.9 Å². The summed E-state index contributed by atoms with van der Waals surface area (Å²) in [6, 6.07) is 7.86. The Morgan fingerprint density at radius 1 is 1.29 bits per heavy atom. The Balaban J connectivity index is 2.51. The van der Waals surface area contributed by atoms with Gasteiger partial charge in [0.1, 0.15) is 0 Å². The van der Waals surface area contributed by atoms with E-state index in [-0.39, 0.29) is 5.91 Å². The van der Waals surface area contributed by atoms with Crippen molar-refractivity contribution in [3.63, 3.8) is 0 Å². The molecule has 0 aromatic heterocycles. The summed E-state index contributed by atoms with van der Waals surface area (Å²) in [5, 5.41) is 2.81. The van der Waals surface area contributed by atoms with Crippen LogP contribution in [0.4, 0.5) is 5.69 Å². The molecule has 0 atom stereocenters. The lowest BCUT2D eigenvalue weighted by atomic mass is 10.0. The van der Waals surface area contributed by atoms with E-state index in [2.05, 4.69) is 19.2 Å². The first-order valence-corrected chi connectivity index (χ1v) is 6.08. The fourth-order valence-corrected chi connectivity index (χ4v) is 1.51. The fourth-order valence-electron chi connectivity index (χ4n) is 1.41. The van der Waals surface area contributed by atoms with Crippen molar-refractivity contribution in [3.05, 3.63) is 29.8 Å². The Kier molecular flexibility index (Phi) is 5.10. The predicted octanol–water partition coefficient (Wildman–Crippen LogP) is 2.81. The molecule has 0 aliphatic rings. The van der Waals surface area contributed by atoms with E-state index in [9.17, 15) is 4.79 Å². The number of benzene rings is 1. The van der Waals surface area contributed by atoms with E-state index < -0.39 is 0 Å². The van der Waals surface area contributed by atoms with Crippen molar-refractivity contribution in [3.8, 4) is 0 Å². The summed E-state index contributed by atoms with van der Waals surface area (Å²) in [5.41, 5.74) is 7.40. The van der Waals surface area contributed by atoms with Crippen LogP contribution in [0.3, 0.4) is 0 Å². The molecule has 0 radical (unpaired) electrons. The fraction of sp³-hybridized carbons (Fsp3) is 0.385. The number of amides is 1. The van der Waals surface area contributed by atoms with Crippen LogP contribution in [-0.2, 0) is 4.79 Å². The minimum atomic E-state index is -0.0601. The minimum absolute atomic E-state index is 0.0601. The van der Waals surface area contributed by atoms with Gasteiger partial charge in [0.05, 0.1) is 4.99 Å². The highest BCUT2D eigenvalue weighted by atomic mass is 32.1. The molecule has 1 aromatic rings. The number of hydrogen-bond acceptors (Lipinski definition) is 2. The maximum Gasteiger partial charge on any atom is 0.224 e. The van der Waals surface area contributed by atoms with Gasteiger partial charge in [-0.25, -0.2) is 0 Å². The molecule has 3 nitrogen and oxygen atoms in total. The first-order valence-electron chi connectivity index (χ1n) is 5.67. The molecule has 1 rings (SSSR count). The van der Waals surface area contributed by atoms with Gasteiger partial charge in [0.15, 0.2) is 0 Å². The van der Waals surface area contributed by atoms with Crippen LogP contribution in [0, 0.1) is 0 Å². The van der Waals surface area contributed by atoms with Gasteiger partial charge in [-0.05, 0) is 23.6 Å². The van der Waals surface area contributed by atoms with Crippen LogP contribution in [0.2, 0.25) is 0 Å². The van der Waals surface area contributed by atoms with Crippen LogP contribution < -0.4 is 11.1 Å². The molecule has 0 aliphatic carbocycles. The molecular formula is C13H18N2OS. The van der Waals surface area contributed by atoms with Gasteiger partial charge in [-0.15, -0.1) is 0 Å². The van der Waals surface area contributed by atoms with E-state index in [1.165, 1.54) is 5.56 Å². The summed E-state index contributed by atoms with van der Waals surface area (Å²) < 4.78 is 0. The number of rotatable bonds is 5. The molecule has 4 heteroatoms. The Labute approximate surface area is 107 Å². The molecule has 1 aromatic carbocycles. The average Bonchev–Trinajstić information content (AvgIpc) is 2.27. The number of thiocarbonyl (C=S) groups is 1. The number of anilines is 1. The zero-order valence-electron chi connectivity index (χ0n) is 10.2. The van der Waals surface area contributed by atoms with Crippen molar-refractivity contribution in [2.45, 2.75) is 32.6 Å². The molecule has 0 aliphatic heterocycles. The topological polar surface area (TPSA) is 55.1 Å². The highest BCUT2D eigenvalue weighted by Gasteiger charge is 2.04. The van der Waals surface area contributed by atoms with Crippen molar-refractivity contribution in [2.24, 2.45) is 5.73 Å². The zero-order chi connectivity index (χ0) is 12.8. The Morgan fingerprint density at radius 2 is 1.88 bits per heavy atom. The third-order valence-electron chi connectivity index (χ3n) is 2.46. The molecule has 0 heterocycles. The lowest BCUT2D eigenvalue weighted by Gasteiger charge is -2.08. The minimum Gasteiger partial charge on any atom is -0.393 e. The van der Waals surface area contributed by atoms with Gasteiger partial charge in [-0.3, -0.25) is 4.79 Å². The zero-order valence-corrected chi connectivity index (χ0v) is 11.0. The smallest absolute Gasteiger partial charge is 0.224 e. The quantitative estimate of drug-likeness (QED) is 0.790. The molecule has 0 saturated carbocycles. The van der Waals surface area contributed by atoms with Gasteiger partial charge < -0.3 is 11.1 Å². The third-order valence-corrected chi connectivity index (χ3v) is 2.66. The van der Waals surface area contributed by atoms with Crippen molar-refractivity contribution in [1.29, 1.82) is 0 Å². The van der Waals surface area contributed by atoms with Crippen molar-refractivity contribution in [2.75, 3.05) is 5.32 Å². The third kappa shape index (κ3) is 4.95. The summed E-state index contributed by atoms with van der Waals surface area (Å²) >= 11 is 4.72. The SMILES string of the molecule is CC(C)c1ccc(NC(=O)CCC(N)=S)cc1. The van der Waals surface area contributed by atoms with E-state index in [1.807, 2.05) is 24.3 Å². The van der Waals surface area contributed by atoms with Gasteiger partial charge in [-0.2, -0.15) is 0 Å². The van der Waals surface area contributed by atoms with Gasteiger partial charge in [-0.1, -0.05) is 38.2 Å². The first-order chi connectivity index (χ1) is 7.99. The van der Waals surface area contributed by atoms with Crippen LogP contribution in [0.1, 0.15) is 38.2 Å². The highest BCUT2D eigenvalue weighted by molar-refractivity contribution is 7.80. The van der Waals surface area contributed by atoms with E-state index in [0.717, 1.165) is 5.69 Å². The second-order valence-electron chi connectivity index (χ2n) is 4.29. The van der Waals surface area contributed by atoms with Crippen molar-refractivity contribution in [1.82, 2.24) is 0 Å². The lowest BCUT2D eigenvalue weighted by Crippen LogP contribution is -2.15. The standard InChI is InChI=1S/C13H18N2OS/c1-9(2)10-3-5-11(6-4-10)15-13(16)8-7-12(14)17/h3-6,9H,7-8H2,1-2H3,(H2,14,17)(H,15,16). The maximum atomic E-state index is 11.5. The number of hydrogen-bond donors (Lipinski definition) is 2. The van der Waals surface area contributed by atoms with E-state index in [0.29, 0.717) is 23.7 Å². The summed E-state index contributed by atoms with van der Waals surface area (Å²) in [5.74, 6) is 0.435. The molecule has 0 saturated heterocycles. The molecule has 0 bridgehead atoms. The molecule has 0 unspecified atom stereocenters. The van der Waals surface area contributed by atoms with Crippen LogP contribution >= 0.6 is 12.2 Å². The summed E-state index contributed by atoms with van der Waals surface area (Å²) in [6.45, 7) is 4.27. The Bertz CT molecular complexity index is 398. The summed E-state index contributed by atoms with van der Waals surface area (Å²) in [7, 11) is 0. The van der Waals surface area contributed by atoms with Crippen molar-refractivity contribution < 1.29 is 4.79 Å². The number of carbonyl (C=O) groups excluding carboxylic acids is 1. The molecule has 0 spiro atoms. The second kappa shape index (κ2) is 6.35. The predicted molar refractivity (Wildman–Crippen MR) is 75.2 cm³/mol. The molecule has 0 fully saturated rings. The van der Waals surface area contributed by atoms with E-state index >= 15 is 0 Å². The van der Waals surface area contributed by atoms with Crippen molar-refractivity contribution >= 4 is 28.8 Å². The first kappa shape index (κ1) is 13.6. The van der Waals surface area contributed by atoms with Gasteiger partial charge >= 0.3 is 0 Å². The van der Waals surface area contributed by atoms with E-state index in [4.69, 9.17) is 18.0 Å². The monoisotopic (exact) mass is 250 g/mol. The highest BCUT2D eigenvalue weighted by Crippen LogP contribution is 2.17. The summed E-state index contributed by atoms with van der Waals surface area (Å²) in [6.07, 6.45) is 0.784. The molecule has 3 N–H and O–H groups in total. The van der Waals surface area contributed by atoms with Gasteiger partial charge in [0, 0.05) is 18.5 Å². The summed E-state index contributed by atoms with van der Waals surface area (Å²) in [4.78, 5) is 11.9. The van der Waals surface area contributed by atoms with Gasteiger partial charge in [0.2, 0.25) is 5.91 Å². The largest absolute Gasteiger partial charge is 0.393 e. The van der Waals surface area contributed by atoms with Gasteiger partial charge in [0.25, 0.3) is 0 Å². The Morgan fingerprint density at radius 3 is 2.35 bits per heavy atom. The Hall–Kier alpha value is -1.42. The normalized spacial score (nSPS) is 10.3. The van der Waals surface area contributed by atoms with E-state index in [1.54, 1.807) is 0 Å². The molecule has 17 heavy (non-hydrogen) atoms. The number of carbonyl (C=O) groups is 1. The molecular weight excluding hydrogens is 232 g/mol. The number of nitrogens with one attached hydrogen (secondary N) is 1. The van der Waals surface area contributed by atoms with Crippen LogP contribution in [0.15, 0.2) is 24.3 Å². The average molecular weight is 250 g/mol. The van der Waals surface area contributed by atoms with Crippen LogP contribution in [0.5, 0.6) is 0 Å². The maximum absolute atomic E-state index is 11.5. The molecule has 1 amide bonds. The molecule has 92 valence electrons. The number of nitrogens with two attached hydrogens (primary N) is 1. The lowest BCUT2D eigenvalue weighted by molar-refractivity contribution is -0.116.